The largest absolute Gasteiger partial charge is 0.350 e. The predicted molar refractivity (Wildman–Crippen MR) is 98.8 cm³/mol. The van der Waals surface area contributed by atoms with Crippen molar-refractivity contribution in [3.63, 3.8) is 0 Å². The number of hydrogen-bond donors (Lipinski definition) is 1. The number of rotatable bonds is 5. The van der Waals surface area contributed by atoms with E-state index in [2.05, 4.69) is 5.32 Å². The maximum absolute atomic E-state index is 12.2. The third-order valence-corrected chi connectivity index (χ3v) is 7.10. The molecule has 1 fully saturated rings. The molecule has 0 bridgehead atoms. The van der Waals surface area contributed by atoms with E-state index in [1.807, 2.05) is 35.0 Å². The van der Waals surface area contributed by atoms with Gasteiger partial charge in [-0.2, -0.15) is 5.10 Å². The zero-order valence-corrected chi connectivity index (χ0v) is 15.5. The molecule has 1 saturated heterocycles. The number of aromatic nitrogens is 2. The van der Waals surface area contributed by atoms with Crippen molar-refractivity contribution < 1.29 is 13.2 Å². The molecule has 0 unspecified atom stereocenters. The van der Waals surface area contributed by atoms with E-state index in [1.54, 1.807) is 0 Å². The number of benzene rings is 1. The van der Waals surface area contributed by atoms with Gasteiger partial charge in [-0.05, 0) is 49.3 Å². The molecule has 0 spiro atoms. The van der Waals surface area contributed by atoms with Crippen LogP contribution in [-0.4, -0.2) is 35.6 Å². The van der Waals surface area contributed by atoms with Crippen LogP contribution in [0.1, 0.15) is 36.2 Å². The predicted octanol–water partition coefficient (Wildman–Crippen LogP) is 1.80. The third-order valence-electron chi connectivity index (χ3n) is 5.27. The second kappa shape index (κ2) is 6.87. The lowest BCUT2D eigenvalue weighted by Gasteiger charge is -2.08. The number of nitrogens with zero attached hydrogens (tertiary/aromatic N) is 2. The third kappa shape index (κ3) is 3.53. The maximum Gasteiger partial charge on any atom is 0.220 e. The molecular weight excluding hydrogens is 350 g/mol. The van der Waals surface area contributed by atoms with Crippen molar-refractivity contribution in [3.8, 4) is 5.69 Å². The van der Waals surface area contributed by atoms with Crippen LogP contribution in [0.2, 0.25) is 0 Å². The Morgan fingerprint density at radius 3 is 2.77 bits per heavy atom. The van der Waals surface area contributed by atoms with E-state index in [0.29, 0.717) is 13.0 Å². The van der Waals surface area contributed by atoms with E-state index in [1.165, 1.54) is 11.3 Å². The molecule has 1 aromatic carbocycles. The molecule has 7 heteroatoms. The van der Waals surface area contributed by atoms with Crippen LogP contribution in [-0.2, 0) is 34.0 Å². The molecule has 4 rings (SSSR count). The summed E-state index contributed by atoms with van der Waals surface area (Å²) in [6.07, 6.45) is 3.98. The summed E-state index contributed by atoms with van der Waals surface area (Å²) in [5.74, 6) is 0.207. The van der Waals surface area contributed by atoms with Gasteiger partial charge in [-0.1, -0.05) is 18.2 Å². The number of carbonyl (C=O) groups is 1. The van der Waals surface area contributed by atoms with Gasteiger partial charge in [0.25, 0.3) is 0 Å². The van der Waals surface area contributed by atoms with Crippen LogP contribution >= 0.6 is 0 Å². The van der Waals surface area contributed by atoms with E-state index in [0.717, 1.165) is 30.6 Å². The standard InChI is InChI=1S/C19H23N3O3S/c23-19(11-14-9-10-26(24,25)13-14)20-12-17-16-7-4-8-18(16)22(21-17)15-5-2-1-3-6-15/h1-3,5-6,14H,4,7-13H2,(H,20,23)/t14-/m1/s1. The fraction of sp³-hybridized carbons (Fsp3) is 0.474. The lowest BCUT2D eigenvalue weighted by molar-refractivity contribution is -0.122. The average Bonchev–Trinajstić information content (AvgIpc) is 3.29. The Labute approximate surface area is 153 Å². The van der Waals surface area contributed by atoms with Crippen molar-refractivity contribution in [3.05, 3.63) is 47.3 Å². The molecule has 1 aliphatic carbocycles. The molecule has 0 saturated carbocycles. The summed E-state index contributed by atoms with van der Waals surface area (Å²) in [5, 5.41) is 7.67. The molecule has 138 valence electrons. The highest BCUT2D eigenvalue weighted by molar-refractivity contribution is 7.91. The van der Waals surface area contributed by atoms with Gasteiger partial charge in [-0.15, -0.1) is 0 Å². The van der Waals surface area contributed by atoms with Crippen LogP contribution in [0.15, 0.2) is 30.3 Å². The molecule has 2 aromatic rings. The first kappa shape index (κ1) is 17.3. The number of amides is 1. The second-order valence-corrected chi connectivity index (χ2v) is 9.45. The van der Waals surface area contributed by atoms with E-state index in [-0.39, 0.29) is 29.8 Å². The molecular formula is C19H23N3O3S. The first-order chi connectivity index (χ1) is 12.5. The molecule has 1 aromatic heterocycles. The molecule has 2 aliphatic rings. The monoisotopic (exact) mass is 373 g/mol. The SMILES string of the molecule is O=C(C[C@H]1CCS(=O)(=O)C1)NCc1nn(-c2ccccc2)c2c1CCC2. The minimum Gasteiger partial charge on any atom is -0.350 e. The van der Waals surface area contributed by atoms with E-state index >= 15 is 0 Å². The van der Waals surface area contributed by atoms with Gasteiger partial charge >= 0.3 is 0 Å². The molecule has 6 nitrogen and oxygen atoms in total. The lowest BCUT2D eigenvalue weighted by Crippen LogP contribution is -2.26. The fourth-order valence-electron chi connectivity index (χ4n) is 3.99. The smallest absolute Gasteiger partial charge is 0.220 e. The van der Waals surface area contributed by atoms with E-state index in [9.17, 15) is 13.2 Å². The summed E-state index contributed by atoms with van der Waals surface area (Å²) in [4.78, 5) is 12.2. The Kier molecular flexibility index (Phi) is 4.56. The number of carbonyl (C=O) groups excluding carboxylic acids is 1. The molecule has 1 amide bonds. The van der Waals surface area contributed by atoms with Crippen molar-refractivity contribution in [1.82, 2.24) is 15.1 Å². The van der Waals surface area contributed by atoms with E-state index in [4.69, 9.17) is 5.10 Å². The summed E-state index contributed by atoms with van der Waals surface area (Å²) in [6.45, 7) is 0.403. The minimum atomic E-state index is -2.94. The van der Waals surface area contributed by atoms with Gasteiger partial charge in [0.2, 0.25) is 5.91 Å². The average molecular weight is 373 g/mol. The molecule has 0 radical (unpaired) electrons. The molecule has 1 N–H and O–H groups in total. The Morgan fingerprint density at radius 2 is 2.04 bits per heavy atom. The number of nitrogens with one attached hydrogen (secondary N) is 1. The minimum absolute atomic E-state index is 0.0485. The number of sulfone groups is 1. The van der Waals surface area contributed by atoms with Gasteiger partial charge < -0.3 is 5.32 Å². The summed E-state index contributed by atoms with van der Waals surface area (Å²) < 4.78 is 25.0. The van der Waals surface area contributed by atoms with Gasteiger partial charge in [0, 0.05) is 12.1 Å². The highest BCUT2D eigenvalue weighted by Crippen LogP contribution is 2.28. The van der Waals surface area contributed by atoms with Crippen molar-refractivity contribution in [2.24, 2.45) is 5.92 Å². The van der Waals surface area contributed by atoms with Crippen LogP contribution in [0.4, 0.5) is 0 Å². The number of para-hydroxylation sites is 1. The summed E-state index contributed by atoms with van der Waals surface area (Å²) in [5.41, 5.74) is 4.45. The topological polar surface area (TPSA) is 81.1 Å². The number of hydrogen-bond acceptors (Lipinski definition) is 4. The summed E-state index contributed by atoms with van der Waals surface area (Å²) in [7, 11) is -2.94. The Hall–Kier alpha value is -2.15. The second-order valence-electron chi connectivity index (χ2n) is 7.22. The quantitative estimate of drug-likeness (QED) is 0.867. The first-order valence-corrected chi connectivity index (χ1v) is 11.0. The highest BCUT2D eigenvalue weighted by Gasteiger charge is 2.29. The van der Waals surface area contributed by atoms with Crippen LogP contribution in [0.5, 0.6) is 0 Å². The summed E-state index contributed by atoms with van der Waals surface area (Å²) >= 11 is 0. The van der Waals surface area contributed by atoms with Gasteiger partial charge in [0.15, 0.2) is 9.84 Å². The summed E-state index contributed by atoms with van der Waals surface area (Å²) in [6, 6.07) is 10.0. The fourth-order valence-corrected chi connectivity index (χ4v) is 5.85. The van der Waals surface area contributed by atoms with Crippen LogP contribution in [0.3, 0.4) is 0 Å². The Balaban J connectivity index is 1.43. The van der Waals surface area contributed by atoms with Gasteiger partial charge in [0.1, 0.15) is 0 Å². The first-order valence-electron chi connectivity index (χ1n) is 9.14. The van der Waals surface area contributed by atoms with Crippen molar-refractivity contribution >= 4 is 15.7 Å². The Morgan fingerprint density at radius 1 is 1.23 bits per heavy atom. The molecule has 2 heterocycles. The molecule has 26 heavy (non-hydrogen) atoms. The molecule has 1 atom stereocenters. The van der Waals surface area contributed by atoms with Gasteiger partial charge in [-0.3, -0.25) is 4.79 Å². The van der Waals surface area contributed by atoms with E-state index < -0.39 is 9.84 Å². The zero-order valence-electron chi connectivity index (χ0n) is 14.6. The Bertz CT molecular complexity index is 919. The normalized spacial score (nSPS) is 20.8. The zero-order chi connectivity index (χ0) is 18.1. The van der Waals surface area contributed by atoms with Crippen LogP contribution < -0.4 is 5.32 Å². The van der Waals surface area contributed by atoms with Crippen LogP contribution in [0, 0.1) is 5.92 Å². The number of fused-ring (bicyclic) bond motifs is 1. The maximum atomic E-state index is 12.2. The highest BCUT2D eigenvalue weighted by atomic mass is 32.2. The lowest BCUT2D eigenvalue weighted by atomic mass is 10.1. The van der Waals surface area contributed by atoms with Crippen molar-refractivity contribution in [2.75, 3.05) is 11.5 Å². The van der Waals surface area contributed by atoms with Gasteiger partial charge in [-0.25, -0.2) is 13.1 Å². The van der Waals surface area contributed by atoms with Crippen molar-refractivity contribution in [2.45, 2.75) is 38.6 Å². The molecule has 1 aliphatic heterocycles. The van der Waals surface area contributed by atoms with Crippen molar-refractivity contribution in [1.29, 1.82) is 0 Å². The van der Waals surface area contributed by atoms with Crippen LogP contribution in [0.25, 0.3) is 5.69 Å². The van der Waals surface area contributed by atoms with Gasteiger partial charge in [0.05, 0.1) is 29.4 Å².